The SMILES string of the molecule is CC(C)(C)[C]1C[C@@H](CN(Cc2ccccc2)Cc2ccccc2)C1(C)C. The lowest BCUT2D eigenvalue weighted by Crippen LogP contribution is -2.52. The number of rotatable bonds is 6. The van der Waals surface area contributed by atoms with Crippen molar-refractivity contribution in [3.8, 4) is 0 Å². The molecule has 0 bridgehead atoms. The van der Waals surface area contributed by atoms with Crippen molar-refractivity contribution in [2.45, 2.75) is 54.1 Å². The van der Waals surface area contributed by atoms with Crippen LogP contribution in [0.5, 0.6) is 0 Å². The fourth-order valence-corrected chi connectivity index (χ4v) is 4.63. The Kier molecular flexibility index (Phi) is 5.58. The van der Waals surface area contributed by atoms with Gasteiger partial charge in [0.05, 0.1) is 0 Å². The highest BCUT2D eigenvalue weighted by molar-refractivity contribution is 5.23. The number of hydrogen-bond donors (Lipinski definition) is 0. The van der Waals surface area contributed by atoms with Crippen LogP contribution in [0.25, 0.3) is 0 Å². The maximum absolute atomic E-state index is 2.64. The summed E-state index contributed by atoms with van der Waals surface area (Å²) >= 11 is 0. The van der Waals surface area contributed by atoms with E-state index in [0.717, 1.165) is 25.6 Å². The van der Waals surface area contributed by atoms with Crippen LogP contribution in [0.2, 0.25) is 0 Å². The van der Waals surface area contributed by atoms with Crippen molar-refractivity contribution in [2.24, 2.45) is 16.7 Å². The Morgan fingerprint density at radius 2 is 1.31 bits per heavy atom. The third-order valence-electron chi connectivity index (χ3n) is 6.13. The first-order valence-corrected chi connectivity index (χ1v) is 9.94. The fraction of sp³-hybridized carbons (Fsp3) is 0.480. The quantitative estimate of drug-likeness (QED) is 0.587. The summed E-state index contributed by atoms with van der Waals surface area (Å²) in [6, 6.07) is 21.8. The van der Waals surface area contributed by atoms with Gasteiger partial charge < -0.3 is 0 Å². The second-order valence-corrected chi connectivity index (χ2v) is 9.49. The summed E-state index contributed by atoms with van der Waals surface area (Å²) in [5, 5.41) is 0. The molecule has 0 amide bonds. The molecule has 0 N–H and O–H groups in total. The lowest BCUT2D eigenvalue weighted by Gasteiger charge is -2.58. The highest BCUT2D eigenvalue weighted by Gasteiger charge is 2.53. The summed E-state index contributed by atoms with van der Waals surface area (Å²) in [5.74, 6) is 2.47. The molecule has 0 aliphatic heterocycles. The van der Waals surface area contributed by atoms with E-state index in [1.807, 2.05) is 0 Å². The van der Waals surface area contributed by atoms with Gasteiger partial charge in [-0.1, -0.05) is 95.3 Å². The van der Waals surface area contributed by atoms with E-state index in [0.29, 0.717) is 10.8 Å². The van der Waals surface area contributed by atoms with Crippen LogP contribution in [0.1, 0.15) is 52.2 Å². The summed E-state index contributed by atoms with van der Waals surface area (Å²) in [6.07, 6.45) is 1.27. The Morgan fingerprint density at radius 1 is 0.846 bits per heavy atom. The van der Waals surface area contributed by atoms with Crippen LogP contribution in [0.15, 0.2) is 60.7 Å². The molecular weight excluding hydrogens is 314 g/mol. The molecule has 1 fully saturated rings. The van der Waals surface area contributed by atoms with Gasteiger partial charge in [0.1, 0.15) is 0 Å². The van der Waals surface area contributed by atoms with Gasteiger partial charge >= 0.3 is 0 Å². The summed E-state index contributed by atoms with van der Waals surface area (Å²) < 4.78 is 0. The van der Waals surface area contributed by atoms with Crippen LogP contribution in [0.4, 0.5) is 0 Å². The standard InChI is InChI=1S/C25H34N/c1-24(2,3)23-16-22(25(23,4)5)19-26(17-20-12-8-6-9-13-20)18-21-14-10-7-11-15-21/h6-15,22H,16-19H2,1-5H3/t22-/m0/s1. The van der Waals surface area contributed by atoms with Gasteiger partial charge in [-0.15, -0.1) is 0 Å². The van der Waals surface area contributed by atoms with Gasteiger partial charge in [-0.2, -0.15) is 0 Å². The predicted octanol–water partition coefficient (Wildman–Crippen LogP) is 6.36. The summed E-state index contributed by atoms with van der Waals surface area (Å²) in [4.78, 5) is 2.64. The van der Waals surface area contributed by atoms with Crippen molar-refractivity contribution in [2.75, 3.05) is 6.54 Å². The van der Waals surface area contributed by atoms with Crippen LogP contribution in [-0.4, -0.2) is 11.4 Å². The molecule has 1 aliphatic rings. The molecule has 0 aromatic heterocycles. The van der Waals surface area contributed by atoms with Crippen molar-refractivity contribution < 1.29 is 0 Å². The first-order chi connectivity index (χ1) is 12.3. The molecule has 139 valence electrons. The van der Waals surface area contributed by atoms with Gasteiger partial charge in [0.15, 0.2) is 0 Å². The number of benzene rings is 2. The van der Waals surface area contributed by atoms with E-state index in [9.17, 15) is 0 Å². The minimum atomic E-state index is 0.323. The molecular formula is C25H34N. The molecule has 1 nitrogen and oxygen atoms in total. The Hall–Kier alpha value is -1.60. The van der Waals surface area contributed by atoms with E-state index in [1.54, 1.807) is 5.92 Å². The van der Waals surface area contributed by atoms with E-state index in [1.165, 1.54) is 17.5 Å². The third kappa shape index (κ3) is 4.38. The molecule has 2 aromatic rings. The molecule has 1 heteroatoms. The van der Waals surface area contributed by atoms with Gasteiger partial charge in [0.2, 0.25) is 0 Å². The molecule has 0 heterocycles. The van der Waals surface area contributed by atoms with Crippen molar-refractivity contribution in [3.63, 3.8) is 0 Å². The molecule has 0 unspecified atom stereocenters. The largest absolute Gasteiger partial charge is 0.295 e. The molecule has 3 rings (SSSR count). The van der Waals surface area contributed by atoms with Crippen LogP contribution in [-0.2, 0) is 13.1 Å². The zero-order valence-corrected chi connectivity index (χ0v) is 17.1. The number of hydrogen-bond acceptors (Lipinski definition) is 1. The zero-order chi connectivity index (χ0) is 18.8. The third-order valence-corrected chi connectivity index (χ3v) is 6.13. The van der Waals surface area contributed by atoms with Gasteiger partial charge in [-0.3, -0.25) is 4.90 Å². The molecule has 0 spiro atoms. The minimum absolute atomic E-state index is 0.323. The number of nitrogens with zero attached hydrogens (tertiary/aromatic N) is 1. The minimum Gasteiger partial charge on any atom is -0.295 e. The predicted molar refractivity (Wildman–Crippen MR) is 112 cm³/mol. The van der Waals surface area contributed by atoms with E-state index in [4.69, 9.17) is 0 Å². The topological polar surface area (TPSA) is 3.24 Å². The van der Waals surface area contributed by atoms with Crippen molar-refractivity contribution in [3.05, 3.63) is 77.7 Å². The van der Waals surface area contributed by atoms with Crippen molar-refractivity contribution in [1.29, 1.82) is 0 Å². The first-order valence-electron chi connectivity index (χ1n) is 9.94. The Morgan fingerprint density at radius 3 is 1.69 bits per heavy atom. The highest BCUT2D eigenvalue weighted by atomic mass is 15.1. The normalized spacial score (nSPS) is 20.2. The Balaban J connectivity index is 1.72. The summed E-state index contributed by atoms with van der Waals surface area (Å²) in [5.41, 5.74) is 3.47. The maximum atomic E-state index is 2.64. The van der Waals surface area contributed by atoms with Gasteiger partial charge in [-0.25, -0.2) is 0 Å². The van der Waals surface area contributed by atoms with Crippen molar-refractivity contribution >= 4 is 0 Å². The van der Waals surface area contributed by atoms with E-state index < -0.39 is 0 Å². The monoisotopic (exact) mass is 348 g/mol. The van der Waals surface area contributed by atoms with Gasteiger partial charge in [-0.05, 0) is 40.2 Å². The second kappa shape index (κ2) is 7.56. The van der Waals surface area contributed by atoms with Gasteiger partial charge in [0.25, 0.3) is 0 Å². The summed E-state index contributed by atoms with van der Waals surface area (Å²) in [7, 11) is 0. The van der Waals surface area contributed by atoms with E-state index in [2.05, 4.69) is 100 Å². The molecule has 2 aromatic carbocycles. The average molecular weight is 349 g/mol. The average Bonchev–Trinajstić information content (AvgIpc) is 2.59. The smallest absolute Gasteiger partial charge is 0.0237 e. The zero-order valence-electron chi connectivity index (χ0n) is 17.1. The lowest BCUT2D eigenvalue weighted by molar-refractivity contribution is 0.0209. The Bertz CT molecular complexity index is 640. The van der Waals surface area contributed by atoms with Gasteiger partial charge in [0, 0.05) is 19.6 Å². The molecule has 1 radical (unpaired) electrons. The van der Waals surface area contributed by atoms with E-state index >= 15 is 0 Å². The van der Waals surface area contributed by atoms with Crippen LogP contribution < -0.4 is 0 Å². The maximum Gasteiger partial charge on any atom is 0.0237 e. The molecule has 1 saturated carbocycles. The van der Waals surface area contributed by atoms with E-state index in [-0.39, 0.29) is 0 Å². The van der Waals surface area contributed by atoms with Crippen LogP contribution in [0.3, 0.4) is 0 Å². The lowest BCUT2D eigenvalue weighted by atomic mass is 9.48. The van der Waals surface area contributed by atoms with Crippen LogP contribution >= 0.6 is 0 Å². The molecule has 26 heavy (non-hydrogen) atoms. The molecule has 0 saturated heterocycles. The fourth-order valence-electron chi connectivity index (χ4n) is 4.63. The molecule has 1 aliphatic carbocycles. The van der Waals surface area contributed by atoms with Crippen LogP contribution in [0, 0.1) is 22.7 Å². The molecule has 1 atom stereocenters. The van der Waals surface area contributed by atoms with Crippen molar-refractivity contribution in [1.82, 2.24) is 4.90 Å². The Labute approximate surface area is 160 Å². The highest BCUT2D eigenvalue weighted by Crippen LogP contribution is 2.60. The summed E-state index contributed by atoms with van der Waals surface area (Å²) in [6.45, 7) is 15.2. The first kappa shape index (κ1) is 19.2. The second-order valence-electron chi connectivity index (χ2n) is 9.49.